The molecule has 1 amide bonds. The minimum atomic E-state index is 0.257. The first-order valence-corrected chi connectivity index (χ1v) is 7.42. The summed E-state index contributed by atoms with van der Waals surface area (Å²) < 4.78 is 5.41. The van der Waals surface area contributed by atoms with Gasteiger partial charge in [-0.15, -0.1) is 0 Å². The van der Waals surface area contributed by atoms with Crippen LogP contribution in [0.4, 0.5) is 0 Å². The maximum atomic E-state index is 12.2. The number of piperazine rings is 1. The molecule has 2 rings (SSSR count). The smallest absolute Gasteiger partial charge is 0.222 e. The highest BCUT2D eigenvalue weighted by Gasteiger charge is 2.19. The van der Waals surface area contributed by atoms with E-state index in [1.165, 1.54) is 5.56 Å². The lowest BCUT2D eigenvalue weighted by molar-refractivity contribution is -0.132. The van der Waals surface area contributed by atoms with Crippen LogP contribution in [0.3, 0.4) is 0 Å². The van der Waals surface area contributed by atoms with Gasteiger partial charge in [0.2, 0.25) is 5.91 Å². The Morgan fingerprint density at radius 3 is 2.80 bits per heavy atom. The second-order valence-corrected chi connectivity index (χ2v) is 5.27. The molecule has 1 aromatic rings. The number of nitrogens with one attached hydrogen (secondary N) is 1. The Balaban J connectivity index is 1.80. The Kier molecular flexibility index (Phi) is 5.41. The quantitative estimate of drug-likeness (QED) is 0.892. The third-order valence-electron chi connectivity index (χ3n) is 3.58. The van der Waals surface area contributed by atoms with Gasteiger partial charge in [0.05, 0.1) is 6.61 Å². The van der Waals surface area contributed by atoms with Gasteiger partial charge in [-0.3, -0.25) is 4.79 Å². The van der Waals surface area contributed by atoms with Crippen LogP contribution in [0, 0.1) is 0 Å². The standard InChI is InChI=1S/C16H24N2O2/c1-3-20-15-7-4-14(5-8-15)6-9-16(19)18-11-10-17-13(2)12-18/h4-5,7-8,13,17H,3,6,9-12H2,1-2H3. The molecule has 1 aromatic carbocycles. The van der Waals surface area contributed by atoms with Gasteiger partial charge >= 0.3 is 0 Å². The molecule has 1 aliphatic heterocycles. The van der Waals surface area contributed by atoms with Crippen molar-refractivity contribution >= 4 is 5.91 Å². The highest BCUT2D eigenvalue weighted by molar-refractivity contribution is 5.76. The number of amides is 1. The molecule has 0 saturated carbocycles. The van der Waals surface area contributed by atoms with E-state index in [4.69, 9.17) is 4.74 Å². The Bertz CT molecular complexity index is 431. The van der Waals surface area contributed by atoms with Crippen LogP contribution < -0.4 is 10.1 Å². The summed E-state index contributed by atoms with van der Waals surface area (Å²) in [6.45, 7) is 7.32. The van der Waals surface area contributed by atoms with Crippen molar-refractivity contribution < 1.29 is 9.53 Å². The van der Waals surface area contributed by atoms with E-state index in [0.717, 1.165) is 31.8 Å². The number of ether oxygens (including phenoxy) is 1. The monoisotopic (exact) mass is 276 g/mol. The molecule has 1 saturated heterocycles. The third-order valence-corrected chi connectivity index (χ3v) is 3.58. The number of nitrogens with zero attached hydrogens (tertiary/aromatic N) is 1. The van der Waals surface area contributed by atoms with Gasteiger partial charge in [-0.05, 0) is 38.0 Å². The van der Waals surface area contributed by atoms with Gasteiger partial charge in [0.1, 0.15) is 5.75 Å². The second-order valence-electron chi connectivity index (χ2n) is 5.27. The maximum Gasteiger partial charge on any atom is 0.222 e. The van der Waals surface area contributed by atoms with Gasteiger partial charge in [0, 0.05) is 32.1 Å². The summed E-state index contributed by atoms with van der Waals surface area (Å²) in [6, 6.07) is 8.42. The van der Waals surface area contributed by atoms with Crippen molar-refractivity contribution in [2.45, 2.75) is 32.7 Å². The number of carbonyl (C=O) groups is 1. The summed E-state index contributed by atoms with van der Waals surface area (Å²) in [4.78, 5) is 14.1. The van der Waals surface area contributed by atoms with E-state index in [2.05, 4.69) is 12.2 Å². The molecular formula is C16H24N2O2. The molecule has 20 heavy (non-hydrogen) atoms. The minimum absolute atomic E-state index is 0.257. The predicted molar refractivity (Wildman–Crippen MR) is 80.0 cm³/mol. The molecule has 0 radical (unpaired) electrons. The van der Waals surface area contributed by atoms with Crippen molar-refractivity contribution in [3.63, 3.8) is 0 Å². The molecule has 0 bridgehead atoms. The number of hydrogen-bond donors (Lipinski definition) is 1. The Hall–Kier alpha value is -1.55. The Morgan fingerprint density at radius 2 is 2.15 bits per heavy atom. The maximum absolute atomic E-state index is 12.2. The number of aryl methyl sites for hydroxylation is 1. The zero-order chi connectivity index (χ0) is 14.4. The van der Waals surface area contributed by atoms with Crippen LogP contribution in [0.25, 0.3) is 0 Å². The summed E-state index contributed by atoms with van der Waals surface area (Å²) >= 11 is 0. The first kappa shape index (κ1) is 14.9. The van der Waals surface area contributed by atoms with E-state index in [1.807, 2.05) is 36.1 Å². The van der Waals surface area contributed by atoms with Crippen molar-refractivity contribution in [1.29, 1.82) is 0 Å². The van der Waals surface area contributed by atoms with E-state index < -0.39 is 0 Å². The molecule has 4 heteroatoms. The molecule has 0 aromatic heterocycles. The van der Waals surface area contributed by atoms with Crippen LogP contribution >= 0.6 is 0 Å². The fourth-order valence-corrected chi connectivity index (χ4v) is 2.49. The minimum Gasteiger partial charge on any atom is -0.494 e. The van der Waals surface area contributed by atoms with Crippen molar-refractivity contribution in [1.82, 2.24) is 10.2 Å². The first-order valence-electron chi connectivity index (χ1n) is 7.42. The van der Waals surface area contributed by atoms with Crippen molar-refractivity contribution in [3.05, 3.63) is 29.8 Å². The van der Waals surface area contributed by atoms with Crippen molar-refractivity contribution in [2.24, 2.45) is 0 Å². The summed E-state index contributed by atoms with van der Waals surface area (Å²) in [7, 11) is 0. The van der Waals surface area contributed by atoms with Gasteiger partial charge in [-0.1, -0.05) is 12.1 Å². The Labute approximate surface area is 121 Å². The topological polar surface area (TPSA) is 41.6 Å². The third kappa shape index (κ3) is 4.23. The van der Waals surface area contributed by atoms with Gasteiger partial charge in [-0.2, -0.15) is 0 Å². The molecule has 1 unspecified atom stereocenters. The summed E-state index contributed by atoms with van der Waals surface area (Å²) in [5, 5.41) is 3.35. The predicted octanol–water partition coefficient (Wildman–Crippen LogP) is 1.84. The van der Waals surface area contributed by atoms with Crippen LogP contribution in [-0.4, -0.2) is 43.1 Å². The van der Waals surface area contributed by atoms with Crippen molar-refractivity contribution in [2.75, 3.05) is 26.2 Å². The zero-order valence-electron chi connectivity index (χ0n) is 12.4. The molecule has 1 atom stereocenters. The molecule has 1 aliphatic rings. The largest absolute Gasteiger partial charge is 0.494 e. The molecule has 1 fully saturated rings. The van der Waals surface area contributed by atoms with Crippen LogP contribution in [0.2, 0.25) is 0 Å². The summed E-state index contributed by atoms with van der Waals surface area (Å²) in [5.41, 5.74) is 1.19. The molecule has 1 N–H and O–H groups in total. The van der Waals surface area contributed by atoms with E-state index in [0.29, 0.717) is 19.1 Å². The second kappa shape index (κ2) is 7.29. The number of rotatable bonds is 5. The van der Waals surface area contributed by atoms with Crippen molar-refractivity contribution in [3.8, 4) is 5.75 Å². The molecule has 0 spiro atoms. The molecule has 0 aliphatic carbocycles. The van der Waals surface area contributed by atoms with E-state index in [-0.39, 0.29) is 5.91 Å². The summed E-state index contributed by atoms with van der Waals surface area (Å²) in [5.74, 6) is 1.14. The average Bonchev–Trinajstić information content (AvgIpc) is 2.46. The van der Waals surface area contributed by atoms with Gasteiger partial charge < -0.3 is 15.0 Å². The molecule has 4 nitrogen and oxygen atoms in total. The van der Waals surface area contributed by atoms with Gasteiger partial charge in [0.25, 0.3) is 0 Å². The molecule has 110 valence electrons. The number of hydrogen-bond acceptors (Lipinski definition) is 3. The number of carbonyl (C=O) groups excluding carboxylic acids is 1. The lowest BCUT2D eigenvalue weighted by Gasteiger charge is -2.32. The number of benzene rings is 1. The van der Waals surface area contributed by atoms with E-state index in [1.54, 1.807) is 0 Å². The first-order chi connectivity index (χ1) is 9.69. The van der Waals surface area contributed by atoms with Crippen LogP contribution in [-0.2, 0) is 11.2 Å². The lowest BCUT2D eigenvalue weighted by Crippen LogP contribution is -2.51. The van der Waals surface area contributed by atoms with E-state index in [9.17, 15) is 4.79 Å². The van der Waals surface area contributed by atoms with Gasteiger partial charge in [-0.25, -0.2) is 0 Å². The van der Waals surface area contributed by atoms with Crippen LogP contribution in [0.5, 0.6) is 5.75 Å². The highest BCUT2D eigenvalue weighted by Crippen LogP contribution is 2.14. The Morgan fingerprint density at radius 1 is 1.40 bits per heavy atom. The van der Waals surface area contributed by atoms with Crippen LogP contribution in [0.1, 0.15) is 25.8 Å². The average molecular weight is 276 g/mol. The molecular weight excluding hydrogens is 252 g/mol. The molecule has 1 heterocycles. The van der Waals surface area contributed by atoms with Gasteiger partial charge in [0.15, 0.2) is 0 Å². The fraction of sp³-hybridized carbons (Fsp3) is 0.562. The zero-order valence-corrected chi connectivity index (χ0v) is 12.4. The highest BCUT2D eigenvalue weighted by atomic mass is 16.5. The normalized spacial score (nSPS) is 18.9. The lowest BCUT2D eigenvalue weighted by atomic mass is 10.1. The van der Waals surface area contributed by atoms with E-state index >= 15 is 0 Å². The SMILES string of the molecule is CCOc1ccc(CCC(=O)N2CCNC(C)C2)cc1. The summed E-state index contributed by atoms with van der Waals surface area (Å²) in [6.07, 6.45) is 1.38. The van der Waals surface area contributed by atoms with Crippen LogP contribution in [0.15, 0.2) is 24.3 Å². The fourth-order valence-electron chi connectivity index (χ4n) is 2.49.